The second kappa shape index (κ2) is 4.37. The Bertz CT molecular complexity index is 371. The second-order valence-electron chi connectivity index (χ2n) is 4.81. The summed E-state index contributed by atoms with van der Waals surface area (Å²) in [5, 5.41) is 3.27. The van der Waals surface area contributed by atoms with Crippen molar-refractivity contribution < 1.29 is 0 Å². The molecule has 0 radical (unpaired) electrons. The fraction of sp³-hybridized carbons (Fsp3) is 0.667. The molecule has 1 saturated heterocycles. The second-order valence-corrected chi connectivity index (χ2v) is 4.81. The molecule has 0 atom stereocenters. The van der Waals surface area contributed by atoms with E-state index in [-0.39, 0.29) is 0 Å². The Morgan fingerprint density at radius 2 is 2.06 bits per heavy atom. The Labute approximate surface area is 97.1 Å². The van der Waals surface area contributed by atoms with E-state index in [1.165, 1.54) is 0 Å². The van der Waals surface area contributed by atoms with E-state index in [1.807, 2.05) is 6.92 Å². The Kier molecular flexibility index (Phi) is 3.10. The van der Waals surface area contributed by atoms with Crippen LogP contribution in [0.4, 0.5) is 5.95 Å². The minimum atomic E-state index is 0.452. The van der Waals surface area contributed by atoms with Crippen LogP contribution in [0.5, 0.6) is 0 Å². The molecule has 2 rings (SSSR count). The average Bonchev–Trinajstić information content (AvgIpc) is 2.13. The molecule has 0 aromatic carbocycles. The van der Waals surface area contributed by atoms with Crippen LogP contribution in [-0.2, 0) is 0 Å². The van der Waals surface area contributed by atoms with Crippen LogP contribution in [0.25, 0.3) is 0 Å². The molecule has 0 bridgehead atoms. The SMILES string of the molecule is Cc1cc(C(C)C)nc(N(C)C2CNC2)n1. The number of rotatable bonds is 3. The highest BCUT2D eigenvalue weighted by Crippen LogP contribution is 2.18. The molecule has 1 fully saturated rings. The molecule has 4 heteroatoms. The molecule has 2 heterocycles. The van der Waals surface area contributed by atoms with Crippen LogP contribution < -0.4 is 10.2 Å². The summed E-state index contributed by atoms with van der Waals surface area (Å²) >= 11 is 0. The van der Waals surface area contributed by atoms with Crippen molar-refractivity contribution >= 4 is 5.95 Å². The molecule has 0 aliphatic carbocycles. The maximum absolute atomic E-state index is 4.62. The minimum Gasteiger partial charge on any atom is -0.338 e. The molecule has 0 saturated carbocycles. The highest BCUT2D eigenvalue weighted by molar-refractivity contribution is 5.34. The lowest BCUT2D eigenvalue weighted by Crippen LogP contribution is -2.56. The predicted octanol–water partition coefficient (Wildman–Crippen LogP) is 1.32. The van der Waals surface area contributed by atoms with E-state index in [0.29, 0.717) is 12.0 Å². The number of nitrogens with zero attached hydrogens (tertiary/aromatic N) is 3. The highest BCUT2D eigenvalue weighted by atomic mass is 15.3. The third-order valence-corrected chi connectivity index (χ3v) is 3.08. The van der Waals surface area contributed by atoms with Crippen LogP contribution in [-0.4, -0.2) is 36.1 Å². The van der Waals surface area contributed by atoms with Crippen LogP contribution in [0.15, 0.2) is 6.07 Å². The summed E-state index contributed by atoms with van der Waals surface area (Å²) in [6.07, 6.45) is 0. The zero-order valence-electron chi connectivity index (χ0n) is 10.5. The van der Waals surface area contributed by atoms with Crippen molar-refractivity contribution in [2.75, 3.05) is 25.0 Å². The number of hydrogen-bond acceptors (Lipinski definition) is 4. The van der Waals surface area contributed by atoms with Crippen molar-refractivity contribution in [3.63, 3.8) is 0 Å². The number of aryl methyl sites for hydroxylation is 1. The van der Waals surface area contributed by atoms with Gasteiger partial charge in [0.25, 0.3) is 0 Å². The van der Waals surface area contributed by atoms with Crippen molar-refractivity contribution in [2.45, 2.75) is 32.7 Å². The van der Waals surface area contributed by atoms with Crippen molar-refractivity contribution in [3.8, 4) is 0 Å². The van der Waals surface area contributed by atoms with Gasteiger partial charge in [0.1, 0.15) is 0 Å². The van der Waals surface area contributed by atoms with Gasteiger partial charge in [-0.2, -0.15) is 0 Å². The molecule has 16 heavy (non-hydrogen) atoms. The van der Waals surface area contributed by atoms with Gasteiger partial charge in [-0.3, -0.25) is 0 Å². The van der Waals surface area contributed by atoms with Crippen molar-refractivity contribution in [2.24, 2.45) is 0 Å². The summed E-state index contributed by atoms with van der Waals surface area (Å²) in [7, 11) is 2.07. The maximum atomic E-state index is 4.62. The zero-order valence-corrected chi connectivity index (χ0v) is 10.5. The molecule has 4 nitrogen and oxygen atoms in total. The molecule has 0 amide bonds. The summed E-state index contributed by atoms with van der Waals surface area (Å²) < 4.78 is 0. The highest BCUT2D eigenvalue weighted by Gasteiger charge is 2.23. The van der Waals surface area contributed by atoms with Crippen molar-refractivity contribution in [3.05, 3.63) is 17.5 Å². The third-order valence-electron chi connectivity index (χ3n) is 3.08. The molecule has 88 valence electrons. The lowest BCUT2D eigenvalue weighted by atomic mass is 10.1. The predicted molar refractivity (Wildman–Crippen MR) is 65.9 cm³/mol. The summed E-state index contributed by atoms with van der Waals surface area (Å²) in [5.41, 5.74) is 2.18. The Balaban J connectivity index is 2.25. The fourth-order valence-corrected chi connectivity index (χ4v) is 1.74. The number of anilines is 1. The summed E-state index contributed by atoms with van der Waals surface area (Å²) in [6.45, 7) is 8.42. The van der Waals surface area contributed by atoms with Crippen LogP contribution in [0.2, 0.25) is 0 Å². The standard InChI is InChI=1S/C12H20N4/c1-8(2)11-5-9(3)14-12(15-11)16(4)10-6-13-7-10/h5,8,10,13H,6-7H2,1-4H3. The molecule has 1 aliphatic rings. The van der Waals surface area contributed by atoms with Gasteiger partial charge >= 0.3 is 0 Å². The van der Waals surface area contributed by atoms with Crippen LogP contribution in [0, 0.1) is 6.92 Å². The molecule has 1 aliphatic heterocycles. The van der Waals surface area contributed by atoms with E-state index >= 15 is 0 Å². The first kappa shape index (κ1) is 11.3. The summed E-state index contributed by atoms with van der Waals surface area (Å²) in [5.74, 6) is 1.31. The van der Waals surface area contributed by atoms with Crippen LogP contribution in [0.1, 0.15) is 31.2 Å². The number of hydrogen-bond donors (Lipinski definition) is 1. The first-order valence-corrected chi connectivity index (χ1v) is 5.87. The lowest BCUT2D eigenvalue weighted by molar-refractivity contribution is 0.424. The summed E-state index contributed by atoms with van der Waals surface area (Å²) in [4.78, 5) is 11.3. The van der Waals surface area contributed by atoms with E-state index in [1.54, 1.807) is 0 Å². The van der Waals surface area contributed by atoms with Gasteiger partial charge in [0, 0.05) is 31.5 Å². The van der Waals surface area contributed by atoms with Gasteiger partial charge in [-0.15, -0.1) is 0 Å². The van der Waals surface area contributed by atoms with Crippen LogP contribution >= 0.6 is 0 Å². The molecular weight excluding hydrogens is 200 g/mol. The van der Waals surface area contributed by atoms with E-state index < -0.39 is 0 Å². The first-order valence-electron chi connectivity index (χ1n) is 5.87. The normalized spacial score (nSPS) is 16.3. The Hall–Kier alpha value is -1.16. The molecule has 1 aromatic rings. The fourth-order valence-electron chi connectivity index (χ4n) is 1.74. The van der Waals surface area contributed by atoms with Crippen molar-refractivity contribution in [1.82, 2.24) is 15.3 Å². The van der Waals surface area contributed by atoms with Gasteiger partial charge in [0.05, 0.1) is 6.04 Å². The first-order chi connectivity index (χ1) is 7.58. The van der Waals surface area contributed by atoms with E-state index in [2.05, 4.69) is 47.1 Å². The zero-order chi connectivity index (χ0) is 11.7. The summed E-state index contributed by atoms with van der Waals surface area (Å²) in [6, 6.07) is 2.61. The van der Waals surface area contributed by atoms with Gasteiger partial charge < -0.3 is 10.2 Å². The Morgan fingerprint density at radius 3 is 2.56 bits per heavy atom. The molecule has 0 spiro atoms. The van der Waals surface area contributed by atoms with Gasteiger partial charge in [-0.05, 0) is 18.9 Å². The molecule has 1 aromatic heterocycles. The lowest BCUT2D eigenvalue weighted by Gasteiger charge is -2.35. The Morgan fingerprint density at radius 1 is 1.38 bits per heavy atom. The number of likely N-dealkylation sites (N-methyl/N-ethyl adjacent to an activating group) is 1. The van der Waals surface area contributed by atoms with Gasteiger partial charge in [0.15, 0.2) is 0 Å². The molecular formula is C12H20N4. The maximum Gasteiger partial charge on any atom is 0.225 e. The third kappa shape index (κ3) is 2.16. The van der Waals surface area contributed by atoms with E-state index in [9.17, 15) is 0 Å². The van der Waals surface area contributed by atoms with Gasteiger partial charge in [-0.25, -0.2) is 9.97 Å². The topological polar surface area (TPSA) is 41.1 Å². The quantitative estimate of drug-likeness (QED) is 0.834. The van der Waals surface area contributed by atoms with Gasteiger partial charge in [-0.1, -0.05) is 13.8 Å². The van der Waals surface area contributed by atoms with Gasteiger partial charge in [0.2, 0.25) is 5.95 Å². The molecule has 1 N–H and O–H groups in total. The number of nitrogens with one attached hydrogen (secondary N) is 1. The largest absolute Gasteiger partial charge is 0.338 e. The van der Waals surface area contributed by atoms with Crippen molar-refractivity contribution in [1.29, 1.82) is 0 Å². The number of aromatic nitrogens is 2. The van der Waals surface area contributed by atoms with E-state index in [4.69, 9.17) is 0 Å². The van der Waals surface area contributed by atoms with E-state index in [0.717, 1.165) is 30.4 Å². The van der Waals surface area contributed by atoms with Crippen LogP contribution in [0.3, 0.4) is 0 Å². The monoisotopic (exact) mass is 220 g/mol. The minimum absolute atomic E-state index is 0.452. The average molecular weight is 220 g/mol. The smallest absolute Gasteiger partial charge is 0.225 e. The molecule has 0 unspecified atom stereocenters.